The highest BCUT2D eigenvalue weighted by Crippen LogP contribution is 2.48. The molecule has 13 heavy (non-hydrogen) atoms. The van der Waals surface area contributed by atoms with Gasteiger partial charge in [-0.25, -0.2) is 0 Å². The quantitative estimate of drug-likeness (QED) is 0.696. The summed E-state index contributed by atoms with van der Waals surface area (Å²) in [6, 6.07) is 0.514. The molecular weight excluding hydrogens is 158 g/mol. The fraction of sp³-hybridized carbons (Fsp3) is 1.00. The van der Waals surface area contributed by atoms with Crippen molar-refractivity contribution >= 4 is 0 Å². The molecule has 0 amide bonds. The second kappa shape index (κ2) is 3.61. The molecule has 2 fully saturated rings. The van der Waals surface area contributed by atoms with Gasteiger partial charge in [0.2, 0.25) is 0 Å². The van der Waals surface area contributed by atoms with Gasteiger partial charge in [0, 0.05) is 6.04 Å². The van der Waals surface area contributed by atoms with Crippen LogP contribution in [0.1, 0.15) is 46.0 Å². The second-order valence-corrected chi connectivity index (χ2v) is 5.48. The minimum absolute atomic E-state index is 0.514. The van der Waals surface area contributed by atoms with Crippen molar-refractivity contribution in [1.82, 2.24) is 0 Å². The van der Waals surface area contributed by atoms with E-state index in [1.165, 1.54) is 32.1 Å². The van der Waals surface area contributed by atoms with Gasteiger partial charge in [-0.1, -0.05) is 13.8 Å². The normalized spacial score (nSPS) is 41.1. The van der Waals surface area contributed by atoms with Gasteiger partial charge < -0.3 is 5.73 Å². The van der Waals surface area contributed by atoms with Crippen LogP contribution >= 0.6 is 0 Å². The van der Waals surface area contributed by atoms with Crippen molar-refractivity contribution in [3.8, 4) is 0 Å². The molecule has 2 aliphatic rings. The molecule has 0 radical (unpaired) electrons. The van der Waals surface area contributed by atoms with Crippen molar-refractivity contribution in [1.29, 1.82) is 0 Å². The van der Waals surface area contributed by atoms with E-state index in [2.05, 4.69) is 13.8 Å². The van der Waals surface area contributed by atoms with Gasteiger partial charge in [-0.3, -0.25) is 0 Å². The van der Waals surface area contributed by atoms with Crippen LogP contribution in [0.15, 0.2) is 0 Å². The van der Waals surface area contributed by atoms with Crippen LogP contribution in [0.2, 0.25) is 0 Å². The zero-order chi connectivity index (χ0) is 9.42. The van der Waals surface area contributed by atoms with Crippen molar-refractivity contribution in [2.75, 3.05) is 0 Å². The van der Waals surface area contributed by atoms with E-state index >= 15 is 0 Å². The minimum atomic E-state index is 0.514. The van der Waals surface area contributed by atoms with E-state index in [4.69, 9.17) is 5.73 Å². The van der Waals surface area contributed by atoms with E-state index in [0.717, 1.165) is 23.7 Å². The van der Waals surface area contributed by atoms with Crippen LogP contribution in [0.3, 0.4) is 0 Å². The Morgan fingerprint density at radius 2 is 1.77 bits per heavy atom. The first-order valence-corrected chi connectivity index (χ1v) is 5.94. The van der Waals surface area contributed by atoms with Crippen LogP contribution < -0.4 is 5.73 Å². The molecule has 3 atom stereocenters. The highest BCUT2D eigenvalue weighted by Gasteiger charge is 2.40. The van der Waals surface area contributed by atoms with Gasteiger partial charge in [-0.15, -0.1) is 0 Å². The summed E-state index contributed by atoms with van der Waals surface area (Å²) < 4.78 is 0. The van der Waals surface area contributed by atoms with Gasteiger partial charge in [-0.2, -0.15) is 0 Å². The Hall–Kier alpha value is -0.0400. The van der Waals surface area contributed by atoms with Crippen LogP contribution in [0.5, 0.6) is 0 Å². The number of hydrogen-bond acceptors (Lipinski definition) is 1. The SMILES string of the molecule is CC(C)C1CCC(N)CC1C1CC1. The maximum Gasteiger partial charge on any atom is 0.00417 e. The third-order valence-electron chi connectivity index (χ3n) is 4.08. The maximum atomic E-state index is 6.05. The van der Waals surface area contributed by atoms with Gasteiger partial charge in [0.05, 0.1) is 0 Å². The van der Waals surface area contributed by atoms with Gasteiger partial charge in [0.1, 0.15) is 0 Å². The third-order valence-corrected chi connectivity index (χ3v) is 4.08. The smallest absolute Gasteiger partial charge is 0.00417 e. The minimum Gasteiger partial charge on any atom is -0.328 e. The van der Waals surface area contributed by atoms with Crippen molar-refractivity contribution < 1.29 is 0 Å². The van der Waals surface area contributed by atoms with Crippen LogP contribution in [-0.2, 0) is 0 Å². The van der Waals surface area contributed by atoms with Crippen molar-refractivity contribution in [3.05, 3.63) is 0 Å². The van der Waals surface area contributed by atoms with E-state index in [1.807, 2.05) is 0 Å². The monoisotopic (exact) mass is 181 g/mol. The summed E-state index contributed by atoms with van der Waals surface area (Å²) in [5.41, 5.74) is 6.05. The molecular formula is C12H23N. The lowest BCUT2D eigenvalue weighted by molar-refractivity contribution is 0.145. The highest BCUT2D eigenvalue weighted by molar-refractivity contribution is 4.92. The Morgan fingerprint density at radius 1 is 1.08 bits per heavy atom. The molecule has 0 aromatic carbocycles. The predicted octanol–water partition coefficient (Wildman–Crippen LogP) is 2.80. The summed E-state index contributed by atoms with van der Waals surface area (Å²) >= 11 is 0. The molecule has 1 heteroatoms. The van der Waals surface area contributed by atoms with Crippen molar-refractivity contribution in [2.45, 2.75) is 52.0 Å². The molecule has 0 heterocycles. The van der Waals surface area contributed by atoms with E-state index in [0.29, 0.717) is 6.04 Å². The van der Waals surface area contributed by atoms with Crippen LogP contribution in [0.25, 0.3) is 0 Å². The first-order valence-electron chi connectivity index (χ1n) is 5.94. The lowest BCUT2D eigenvalue weighted by Gasteiger charge is -2.37. The van der Waals surface area contributed by atoms with Crippen molar-refractivity contribution in [3.63, 3.8) is 0 Å². The summed E-state index contributed by atoms with van der Waals surface area (Å²) in [6.45, 7) is 4.77. The molecule has 0 aromatic heterocycles. The fourth-order valence-electron chi connectivity index (χ4n) is 3.16. The van der Waals surface area contributed by atoms with E-state index in [9.17, 15) is 0 Å². The summed E-state index contributed by atoms with van der Waals surface area (Å²) in [5, 5.41) is 0. The molecule has 0 saturated heterocycles. The highest BCUT2D eigenvalue weighted by atomic mass is 14.7. The van der Waals surface area contributed by atoms with Crippen LogP contribution in [-0.4, -0.2) is 6.04 Å². The van der Waals surface area contributed by atoms with Gasteiger partial charge in [-0.05, 0) is 55.8 Å². The number of nitrogens with two attached hydrogens (primary N) is 1. The second-order valence-electron chi connectivity index (χ2n) is 5.48. The Labute approximate surface area is 82.1 Å². The number of hydrogen-bond donors (Lipinski definition) is 1. The zero-order valence-corrected chi connectivity index (χ0v) is 9.00. The van der Waals surface area contributed by atoms with E-state index in [-0.39, 0.29) is 0 Å². The third kappa shape index (κ3) is 2.07. The maximum absolute atomic E-state index is 6.05. The molecule has 1 nitrogen and oxygen atoms in total. The Kier molecular flexibility index (Phi) is 2.64. The van der Waals surface area contributed by atoms with Gasteiger partial charge in [0.25, 0.3) is 0 Å². The Bertz CT molecular complexity index is 172. The van der Waals surface area contributed by atoms with Crippen LogP contribution in [0.4, 0.5) is 0 Å². The first-order chi connectivity index (χ1) is 6.18. The molecule has 0 bridgehead atoms. The fourth-order valence-corrected chi connectivity index (χ4v) is 3.16. The average molecular weight is 181 g/mol. The zero-order valence-electron chi connectivity index (χ0n) is 9.00. The molecule has 76 valence electrons. The molecule has 3 unspecified atom stereocenters. The summed E-state index contributed by atoms with van der Waals surface area (Å²) in [4.78, 5) is 0. The molecule has 2 N–H and O–H groups in total. The number of rotatable bonds is 2. The van der Waals surface area contributed by atoms with E-state index < -0.39 is 0 Å². The summed E-state index contributed by atoms with van der Waals surface area (Å²) in [7, 11) is 0. The average Bonchev–Trinajstić information content (AvgIpc) is 2.85. The van der Waals surface area contributed by atoms with Crippen LogP contribution in [0, 0.1) is 23.7 Å². The topological polar surface area (TPSA) is 26.0 Å². The molecule has 2 aliphatic carbocycles. The first kappa shape index (κ1) is 9.51. The summed E-state index contributed by atoms with van der Waals surface area (Å²) in [6.07, 6.45) is 6.95. The van der Waals surface area contributed by atoms with E-state index in [1.54, 1.807) is 0 Å². The molecule has 0 aliphatic heterocycles. The Morgan fingerprint density at radius 3 is 2.31 bits per heavy atom. The van der Waals surface area contributed by atoms with Gasteiger partial charge in [0.15, 0.2) is 0 Å². The lowest BCUT2D eigenvalue weighted by Crippen LogP contribution is -2.36. The molecule has 2 saturated carbocycles. The molecule has 0 aromatic rings. The van der Waals surface area contributed by atoms with Crippen molar-refractivity contribution in [2.24, 2.45) is 29.4 Å². The Balaban J connectivity index is 1.98. The molecule has 2 rings (SSSR count). The lowest BCUT2D eigenvalue weighted by atomic mass is 9.70. The standard InChI is InChI=1S/C12H23N/c1-8(2)11-6-5-10(13)7-12(11)9-3-4-9/h8-12H,3-7,13H2,1-2H3. The molecule has 0 spiro atoms. The van der Waals surface area contributed by atoms with Gasteiger partial charge >= 0.3 is 0 Å². The predicted molar refractivity (Wildman–Crippen MR) is 56.4 cm³/mol. The largest absolute Gasteiger partial charge is 0.328 e. The summed E-state index contributed by atoms with van der Waals surface area (Å²) in [5.74, 6) is 3.88.